The van der Waals surface area contributed by atoms with Gasteiger partial charge in [-0.25, -0.2) is 8.42 Å². The molecule has 2 aliphatic heterocycles. The second-order valence-electron chi connectivity index (χ2n) is 10.8. The topological polar surface area (TPSA) is 82.6 Å². The van der Waals surface area contributed by atoms with E-state index in [1.165, 1.54) is 24.2 Å². The minimum absolute atomic E-state index is 0.0474. The molecule has 2 aliphatic rings. The van der Waals surface area contributed by atoms with E-state index in [0.717, 1.165) is 32.6 Å². The number of carbonyl (C=O) groups excluding carboxylic acids is 1. The third-order valence-corrected chi connectivity index (χ3v) is 10.2. The molecule has 0 aromatic heterocycles. The van der Waals surface area contributed by atoms with E-state index in [-0.39, 0.29) is 36.6 Å². The van der Waals surface area contributed by atoms with Gasteiger partial charge in [0.05, 0.1) is 18.6 Å². The average Bonchev–Trinajstić information content (AvgIpc) is 3.35. The van der Waals surface area contributed by atoms with Gasteiger partial charge in [-0.05, 0) is 83.3 Å². The SMILES string of the molecule is COc1cc(C)c(S(=O)(=O)N(C)CCOCC(=O)N(C)[C@@H]2CCN(C3CCN(C(C)C)CC3)C2)c(C)c1. The van der Waals surface area contributed by atoms with Crippen LogP contribution in [-0.4, -0.2) is 119 Å². The average molecular weight is 539 g/mol. The summed E-state index contributed by atoms with van der Waals surface area (Å²) in [4.78, 5) is 20.0. The lowest BCUT2D eigenvalue weighted by Gasteiger charge is -2.38. The minimum Gasteiger partial charge on any atom is -0.497 e. The number of ether oxygens (including phenoxy) is 2. The van der Waals surface area contributed by atoms with Crippen LogP contribution in [0.25, 0.3) is 0 Å². The summed E-state index contributed by atoms with van der Waals surface area (Å²) in [6.07, 6.45) is 3.36. The molecule has 3 rings (SSSR count). The maximum Gasteiger partial charge on any atom is 0.248 e. The van der Waals surface area contributed by atoms with Crippen molar-refractivity contribution in [3.05, 3.63) is 23.3 Å². The van der Waals surface area contributed by atoms with Gasteiger partial charge in [-0.15, -0.1) is 0 Å². The van der Waals surface area contributed by atoms with Crippen molar-refractivity contribution >= 4 is 15.9 Å². The van der Waals surface area contributed by atoms with Crippen LogP contribution in [0.2, 0.25) is 0 Å². The van der Waals surface area contributed by atoms with Crippen molar-refractivity contribution in [3.63, 3.8) is 0 Å². The van der Waals surface area contributed by atoms with Gasteiger partial charge in [-0.1, -0.05) is 0 Å². The molecule has 0 bridgehead atoms. The molecule has 0 saturated carbocycles. The van der Waals surface area contributed by atoms with Crippen LogP contribution in [0.5, 0.6) is 5.75 Å². The van der Waals surface area contributed by atoms with Crippen LogP contribution < -0.4 is 4.74 Å². The van der Waals surface area contributed by atoms with Gasteiger partial charge in [-0.2, -0.15) is 4.31 Å². The van der Waals surface area contributed by atoms with Gasteiger partial charge in [0.15, 0.2) is 0 Å². The number of carbonyl (C=O) groups is 1. The summed E-state index contributed by atoms with van der Waals surface area (Å²) in [5.74, 6) is 0.568. The summed E-state index contributed by atoms with van der Waals surface area (Å²) in [6, 6.07) is 4.85. The van der Waals surface area contributed by atoms with E-state index in [1.807, 2.05) is 11.9 Å². The van der Waals surface area contributed by atoms with E-state index in [9.17, 15) is 13.2 Å². The van der Waals surface area contributed by atoms with Crippen LogP contribution in [0.15, 0.2) is 17.0 Å². The predicted molar refractivity (Wildman–Crippen MR) is 146 cm³/mol. The first kappa shape index (κ1) is 29.8. The highest BCUT2D eigenvalue weighted by Crippen LogP contribution is 2.28. The number of methoxy groups -OCH3 is 1. The molecule has 2 saturated heterocycles. The predicted octanol–water partition coefficient (Wildman–Crippen LogP) is 2.35. The Bertz CT molecular complexity index is 1000. The third kappa shape index (κ3) is 7.23. The number of likely N-dealkylation sites (tertiary alicyclic amines) is 2. The van der Waals surface area contributed by atoms with E-state index in [1.54, 1.807) is 33.1 Å². The van der Waals surface area contributed by atoms with Gasteiger partial charge in [0, 0.05) is 51.9 Å². The molecule has 2 heterocycles. The molecule has 0 spiro atoms. The van der Waals surface area contributed by atoms with Gasteiger partial charge < -0.3 is 19.3 Å². The first-order valence-electron chi connectivity index (χ1n) is 13.4. The fourth-order valence-electron chi connectivity index (χ4n) is 5.55. The number of hydrogen-bond donors (Lipinski definition) is 0. The Morgan fingerprint density at radius 2 is 1.70 bits per heavy atom. The molecule has 1 atom stereocenters. The van der Waals surface area contributed by atoms with Crippen LogP contribution in [0.3, 0.4) is 0 Å². The summed E-state index contributed by atoms with van der Waals surface area (Å²) < 4.78 is 38.4. The number of amides is 1. The Morgan fingerprint density at radius 1 is 1.08 bits per heavy atom. The maximum absolute atomic E-state index is 13.1. The zero-order valence-electron chi connectivity index (χ0n) is 23.7. The Balaban J connectivity index is 1.43. The number of hydrogen-bond acceptors (Lipinski definition) is 7. The van der Waals surface area contributed by atoms with E-state index < -0.39 is 10.0 Å². The fourth-order valence-corrected chi connectivity index (χ4v) is 7.11. The van der Waals surface area contributed by atoms with E-state index in [2.05, 4.69) is 23.6 Å². The van der Waals surface area contributed by atoms with Crippen LogP contribution >= 0.6 is 0 Å². The molecule has 2 fully saturated rings. The van der Waals surface area contributed by atoms with Crippen molar-refractivity contribution in [2.75, 3.05) is 67.1 Å². The summed E-state index contributed by atoms with van der Waals surface area (Å²) in [7, 11) is 1.26. The Hall–Kier alpha value is -1.72. The van der Waals surface area contributed by atoms with Crippen molar-refractivity contribution in [2.24, 2.45) is 0 Å². The second-order valence-corrected chi connectivity index (χ2v) is 12.8. The van der Waals surface area contributed by atoms with Crippen molar-refractivity contribution in [1.82, 2.24) is 19.0 Å². The van der Waals surface area contributed by atoms with Crippen LogP contribution in [0.4, 0.5) is 0 Å². The van der Waals surface area contributed by atoms with Crippen LogP contribution in [0.1, 0.15) is 44.2 Å². The van der Waals surface area contributed by atoms with Crippen molar-refractivity contribution in [1.29, 1.82) is 0 Å². The zero-order chi connectivity index (χ0) is 27.3. The quantitative estimate of drug-likeness (QED) is 0.400. The molecular weight excluding hydrogens is 492 g/mol. The van der Waals surface area contributed by atoms with Crippen molar-refractivity contribution < 1.29 is 22.7 Å². The Kier molecular flexibility index (Phi) is 10.4. The molecule has 10 heteroatoms. The molecule has 1 aromatic rings. The second kappa shape index (κ2) is 12.9. The standard InChI is InChI=1S/C27H46N4O5S/c1-20(2)30-11-8-23(9-12-30)31-13-10-24(18-31)29(6)26(32)19-36-15-14-28(5)37(33,34)27-21(3)16-25(35-7)17-22(27)4/h16-17,20,23-24H,8-15,18-19H2,1-7H3/t24-/m1/s1. The first-order chi connectivity index (χ1) is 17.4. The molecule has 0 unspecified atom stereocenters. The van der Waals surface area contributed by atoms with Crippen molar-refractivity contribution in [3.8, 4) is 5.75 Å². The summed E-state index contributed by atoms with van der Waals surface area (Å²) >= 11 is 0. The summed E-state index contributed by atoms with van der Waals surface area (Å²) in [5, 5.41) is 0. The number of likely N-dealkylation sites (N-methyl/N-ethyl adjacent to an activating group) is 2. The fraction of sp³-hybridized carbons (Fsp3) is 0.741. The van der Waals surface area contributed by atoms with Gasteiger partial charge in [0.1, 0.15) is 12.4 Å². The van der Waals surface area contributed by atoms with Crippen LogP contribution in [-0.2, 0) is 19.6 Å². The molecule has 210 valence electrons. The van der Waals surface area contributed by atoms with Gasteiger partial charge in [0.2, 0.25) is 15.9 Å². The van der Waals surface area contributed by atoms with Crippen molar-refractivity contribution in [2.45, 2.75) is 70.0 Å². The third-order valence-electron chi connectivity index (χ3n) is 8.00. The number of piperidine rings is 1. The summed E-state index contributed by atoms with van der Waals surface area (Å²) in [6.45, 7) is 12.5. The molecule has 0 N–H and O–H groups in total. The molecule has 0 radical (unpaired) electrons. The first-order valence-corrected chi connectivity index (χ1v) is 14.8. The molecular formula is C27H46N4O5S. The van der Waals surface area contributed by atoms with E-state index >= 15 is 0 Å². The lowest BCUT2D eigenvalue weighted by Crippen LogP contribution is -2.47. The smallest absolute Gasteiger partial charge is 0.248 e. The number of aryl methyl sites for hydroxylation is 2. The molecule has 0 aliphatic carbocycles. The molecule has 37 heavy (non-hydrogen) atoms. The molecule has 1 amide bonds. The largest absolute Gasteiger partial charge is 0.497 e. The van der Waals surface area contributed by atoms with Crippen LogP contribution in [0, 0.1) is 13.8 Å². The number of sulfonamides is 1. The zero-order valence-corrected chi connectivity index (χ0v) is 24.5. The monoisotopic (exact) mass is 538 g/mol. The highest BCUT2D eigenvalue weighted by atomic mass is 32.2. The number of rotatable bonds is 11. The van der Waals surface area contributed by atoms with Gasteiger partial charge in [-0.3, -0.25) is 9.69 Å². The van der Waals surface area contributed by atoms with Gasteiger partial charge >= 0.3 is 0 Å². The van der Waals surface area contributed by atoms with Gasteiger partial charge in [0.25, 0.3) is 0 Å². The Labute approximate surface area is 223 Å². The maximum atomic E-state index is 13.1. The normalized spacial score (nSPS) is 20.2. The van der Waals surface area contributed by atoms with E-state index in [4.69, 9.17) is 9.47 Å². The Morgan fingerprint density at radius 3 is 2.27 bits per heavy atom. The molecule has 9 nitrogen and oxygen atoms in total. The lowest BCUT2D eigenvalue weighted by atomic mass is 10.0. The minimum atomic E-state index is -3.69. The lowest BCUT2D eigenvalue weighted by molar-refractivity contribution is -0.136. The number of nitrogens with zero attached hydrogens (tertiary/aromatic N) is 4. The number of benzene rings is 1. The summed E-state index contributed by atoms with van der Waals surface area (Å²) in [5.41, 5.74) is 1.27. The highest BCUT2D eigenvalue weighted by molar-refractivity contribution is 7.89. The highest BCUT2D eigenvalue weighted by Gasteiger charge is 2.34. The molecule has 1 aromatic carbocycles. The van der Waals surface area contributed by atoms with E-state index in [0.29, 0.717) is 29.0 Å².